The second kappa shape index (κ2) is 6.52. The molecule has 0 N–H and O–H groups in total. The first-order chi connectivity index (χ1) is 6.81. The molecule has 15 heavy (non-hydrogen) atoms. The minimum absolute atomic E-state index is 0.496. The number of nitrogens with zero attached hydrogens (tertiary/aromatic N) is 1. The fourth-order valence-corrected chi connectivity index (χ4v) is 1.81. The summed E-state index contributed by atoms with van der Waals surface area (Å²) in [5, 5.41) is 0. The highest BCUT2D eigenvalue weighted by molar-refractivity contribution is 4.73. The Bertz CT molecular complexity index is 159. The molecule has 0 atom stereocenters. The van der Waals surface area contributed by atoms with E-state index in [0.29, 0.717) is 11.5 Å². The molecule has 0 rings (SSSR count). The minimum Gasteiger partial charge on any atom is -0.301 e. The van der Waals surface area contributed by atoms with E-state index < -0.39 is 0 Å². The summed E-state index contributed by atoms with van der Waals surface area (Å²) < 4.78 is 0. The average Bonchev–Trinajstić information content (AvgIpc) is 2.11. The number of rotatable bonds is 7. The summed E-state index contributed by atoms with van der Waals surface area (Å²) in [7, 11) is 0. The van der Waals surface area contributed by atoms with E-state index in [1.165, 1.54) is 25.9 Å². The van der Waals surface area contributed by atoms with Gasteiger partial charge in [-0.3, -0.25) is 0 Å². The van der Waals surface area contributed by atoms with Crippen LogP contribution in [0.3, 0.4) is 0 Å². The van der Waals surface area contributed by atoms with E-state index in [1.807, 2.05) is 0 Å². The molecule has 0 aromatic heterocycles. The van der Waals surface area contributed by atoms with Gasteiger partial charge < -0.3 is 4.90 Å². The van der Waals surface area contributed by atoms with Crippen molar-refractivity contribution in [3.05, 3.63) is 0 Å². The molecule has 0 fully saturated rings. The van der Waals surface area contributed by atoms with E-state index in [9.17, 15) is 0 Å². The van der Waals surface area contributed by atoms with Crippen LogP contribution < -0.4 is 0 Å². The Morgan fingerprint density at radius 1 is 1.07 bits per heavy atom. The summed E-state index contributed by atoms with van der Waals surface area (Å²) in [5.74, 6) is 0.784. The Balaban J connectivity index is 3.87. The molecular weight excluding hydrogens is 182 g/mol. The van der Waals surface area contributed by atoms with E-state index in [1.54, 1.807) is 0 Å². The highest BCUT2D eigenvalue weighted by Gasteiger charge is 2.21. The molecule has 0 aliphatic rings. The Morgan fingerprint density at radius 2 is 1.60 bits per heavy atom. The van der Waals surface area contributed by atoms with Crippen molar-refractivity contribution in [3.8, 4) is 0 Å². The van der Waals surface area contributed by atoms with Gasteiger partial charge >= 0.3 is 0 Å². The SMILES string of the molecule is CCN(CCCC(C)(C)C(C)C)C(C)C. The molecule has 0 spiro atoms. The Kier molecular flexibility index (Phi) is 6.51. The van der Waals surface area contributed by atoms with E-state index in [0.717, 1.165) is 5.92 Å². The first-order valence-electron chi connectivity index (χ1n) is 6.55. The van der Waals surface area contributed by atoms with Gasteiger partial charge in [-0.1, -0.05) is 34.6 Å². The predicted octanol–water partition coefficient (Wildman–Crippen LogP) is 4.18. The summed E-state index contributed by atoms with van der Waals surface area (Å²) in [6.45, 7) is 18.7. The number of hydrogen-bond donors (Lipinski definition) is 0. The van der Waals surface area contributed by atoms with Crippen molar-refractivity contribution in [1.82, 2.24) is 4.90 Å². The molecule has 0 amide bonds. The van der Waals surface area contributed by atoms with E-state index in [-0.39, 0.29) is 0 Å². The van der Waals surface area contributed by atoms with Gasteiger partial charge in [-0.15, -0.1) is 0 Å². The van der Waals surface area contributed by atoms with Crippen LogP contribution in [0.5, 0.6) is 0 Å². The maximum atomic E-state index is 2.55. The molecule has 0 aromatic carbocycles. The Morgan fingerprint density at radius 3 is 1.93 bits per heavy atom. The van der Waals surface area contributed by atoms with Crippen molar-refractivity contribution < 1.29 is 0 Å². The normalized spacial score (nSPS) is 13.2. The lowest BCUT2D eigenvalue weighted by molar-refractivity contribution is 0.183. The van der Waals surface area contributed by atoms with Gasteiger partial charge in [0.2, 0.25) is 0 Å². The molecule has 0 aromatic rings. The molecule has 0 radical (unpaired) electrons. The molecule has 1 nitrogen and oxygen atoms in total. The van der Waals surface area contributed by atoms with Crippen LogP contribution in [0, 0.1) is 11.3 Å². The molecule has 0 unspecified atom stereocenters. The van der Waals surface area contributed by atoms with Crippen LogP contribution >= 0.6 is 0 Å². The lowest BCUT2D eigenvalue weighted by Gasteiger charge is -2.31. The largest absolute Gasteiger partial charge is 0.301 e. The lowest BCUT2D eigenvalue weighted by atomic mass is 9.77. The van der Waals surface area contributed by atoms with Crippen LogP contribution in [-0.4, -0.2) is 24.0 Å². The maximum Gasteiger partial charge on any atom is 0.00384 e. The molecule has 0 saturated carbocycles. The third-order valence-corrected chi connectivity index (χ3v) is 3.97. The predicted molar refractivity (Wildman–Crippen MR) is 70.2 cm³/mol. The Labute approximate surface area is 97.2 Å². The van der Waals surface area contributed by atoms with Gasteiger partial charge in [0.05, 0.1) is 0 Å². The first kappa shape index (κ1) is 15.0. The molecular formula is C14H31N. The molecule has 92 valence electrons. The monoisotopic (exact) mass is 213 g/mol. The van der Waals surface area contributed by atoms with Gasteiger partial charge in [-0.2, -0.15) is 0 Å². The van der Waals surface area contributed by atoms with E-state index in [2.05, 4.69) is 53.4 Å². The zero-order valence-electron chi connectivity index (χ0n) is 11.9. The fourth-order valence-electron chi connectivity index (χ4n) is 1.81. The molecule has 0 aliphatic heterocycles. The van der Waals surface area contributed by atoms with Crippen molar-refractivity contribution in [3.63, 3.8) is 0 Å². The third-order valence-electron chi connectivity index (χ3n) is 3.97. The van der Waals surface area contributed by atoms with Crippen LogP contribution in [0.2, 0.25) is 0 Å². The van der Waals surface area contributed by atoms with Gasteiger partial charge in [-0.25, -0.2) is 0 Å². The lowest BCUT2D eigenvalue weighted by Crippen LogP contribution is -2.32. The van der Waals surface area contributed by atoms with Crippen LogP contribution in [0.4, 0.5) is 0 Å². The van der Waals surface area contributed by atoms with Crippen molar-refractivity contribution in [2.45, 2.75) is 67.3 Å². The van der Waals surface area contributed by atoms with Gasteiger partial charge in [0, 0.05) is 6.04 Å². The minimum atomic E-state index is 0.496. The fraction of sp³-hybridized carbons (Fsp3) is 1.00. The first-order valence-corrected chi connectivity index (χ1v) is 6.55. The van der Waals surface area contributed by atoms with Gasteiger partial charge in [0.25, 0.3) is 0 Å². The van der Waals surface area contributed by atoms with Crippen LogP contribution in [-0.2, 0) is 0 Å². The second-order valence-electron chi connectivity index (χ2n) is 5.97. The van der Waals surface area contributed by atoms with E-state index in [4.69, 9.17) is 0 Å². The van der Waals surface area contributed by atoms with Crippen molar-refractivity contribution in [1.29, 1.82) is 0 Å². The van der Waals surface area contributed by atoms with Crippen LogP contribution in [0.15, 0.2) is 0 Å². The van der Waals surface area contributed by atoms with Gasteiger partial charge in [0.1, 0.15) is 0 Å². The molecule has 0 saturated heterocycles. The zero-order valence-corrected chi connectivity index (χ0v) is 11.9. The average molecular weight is 213 g/mol. The van der Waals surface area contributed by atoms with Gasteiger partial charge in [0.15, 0.2) is 0 Å². The summed E-state index contributed by atoms with van der Waals surface area (Å²) in [6.07, 6.45) is 2.67. The Hall–Kier alpha value is -0.0400. The van der Waals surface area contributed by atoms with Crippen molar-refractivity contribution in [2.75, 3.05) is 13.1 Å². The van der Waals surface area contributed by atoms with Gasteiger partial charge in [-0.05, 0) is 51.1 Å². The van der Waals surface area contributed by atoms with Crippen LogP contribution in [0.1, 0.15) is 61.3 Å². The third kappa shape index (κ3) is 5.55. The summed E-state index contributed by atoms with van der Waals surface area (Å²) in [5.41, 5.74) is 0.496. The molecule has 0 aliphatic carbocycles. The van der Waals surface area contributed by atoms with Crippen molar-refractivity contribution >= 4 is 0 Å². The van der Waals surface area contributed by atoms with Crippen molar-refractivity contribution in [2.24, 2.45) is 11.3 Å². The molecule has 1 heteroatoms. The summed E-state index contributed by atoms with van der Waals surface area (Å²) in [6, 6.07) is 0.692. The summed E-state index contributed by atoms with van der Waals surface area (Å²) >= 11 is 0. The smallest absolute Gasteiger partial charge is 0.00384 e. The van der Waals surface area contributed by atoms with E-state index >= 15 is 0 Å². The molecule has 0 heterocycles. The standard InChI is InChI=1S/C14H31N/c1-8-15(13(4)5)11-9-10-14(6,7)12(2)3/h12-13H,8-11H2,1-7H3. The second-order valence-corrected chi connectivity index (χ2v) is 5.97. The van der Waals surface area contributed by atoms with Crippen LogP contribution in [0.25, 0.3) is 0 Å². The summed E-state index contributed by atoms with van der Waals surface area (Å²) in [4.78, 5) is 2.55. The maximum absolute atomic E-state index is 2.55. The number of hydrogen-bond acceptors (Lipinski definition) is 1. The zero-order chi connectivity index (χ0) is 12.1. The topological polar surface area (TPSA) is 3.24 Å². The molecule has 0 bridgehead atoms. The highest BCUT2D eigenvalue weighted by atomic mass is 15.1. The highest BCUT2D eigenvalue weighted by Crippen LogP contribution is 2.31. The quantitative estimate of drug-likeness (QED) is 0.613.